The van der Waals surface area contributed by atoms with E-state index in [1.165, 1.54) is 0 Å². The predicted octanol–water partition coefficient (Wildman–Crippen LogP) is 3.46. The number of ether oxygens (including phenoxy) is 2. The number of alkyl halides is 6. The Labute approximate surface area is 168 Å². The summed E-state index contributed by atoms with van der Waals surface area (Å²) in [6.07, 6.45) is -9.32. The predicted molar refractivity (Wildman–Crippen MR) is 94.3 cm³/mol. The van der Waals surface area contributed by atoms with E-state index in [0.29, 0.717) is 0 Å². The van der Waals surface area contributed by atoms with Crippen molar-refractivity contribution in [1.29, 1.82) is 0 Å². The molecule has 170 valence electrons. The van der Waals surface area contributed by atoms with E-state index >= 15 is 0 Å². The first-order chi connectivity index (χ1) is 13.6. The fraction of sp³-hybridized carbons (Fsp3) is 0.556. The molecule has 0 bridgehead atoms. The van der Waals surface area contributed by atoms with Crippen LogP contribution in [0, 0.1) is 5.41 Å². The highest BCUT2D eigenvalue weighted by Gasteiger charge is 2.30. The van der Waals surface area contributed by atoms with Crippen molar-refractivity contribution in [2.75, 3.05) is 26.3 Å². The van der Waals surface area contributed by atoms with Crippen LogP contribution in [0.25, 0.3) is 0 Å². The van der Waals surface area contributed by atoms with Gasteiger partial charge >= 0.3 is 12.4 Å². The molecule has 30 heavy (non-hydrogen) atoms. The van der Waals surface area contributed by atoms with E-state index in [1.807, 2.05) is 0 Å². The topological polar surface area (TPSA) is 76.7 Å². The van der Waals surface area contributed by atoms with Gasteiger partial charge < -0.3 is 20.1 Å². The van der Waals surface area contributed by atoms with Crippen LogP contribution in [0.2, 0.25) is 0 Å². The van der Waals surface area contributed by atoms with Gasteiger partial charge in [0, 0.05) is 18.5 Å². The van der Waals surface area contributed by atoms with E-state index in [2.05, 4.69) is 20.1 Å². The number of carbonyl (C=O) groups is 2. The highest BCUT2D eigenvalue weighted by Crippen LogP contribution is 2.27. The zero-order valence-corrected chi connectivity index (χ0v) is 16.5. The van der Waals surface area contributed by atoms with Crippen molar-refractivity contribution < 1.29 is 45.4 Å². The lowest BCUT2D eigenvalue weighted by Gasteiger charge is -2.18. The van der Waals surface area contributed by atoms with Gasteiger partial charge in [-0.3, -0.25) is 9.59 Å². The maximum Gasteiger partial charge on any atom is 0.422 e. The normalized spacial score (nSPS) is 12.3. The average Bonchev–Trinajstić information content (AvgIpc) is 2.59. The molecule has 0 saturated carbocycles. The molecule has 12 heteroatoms. The van der Waals surface area contributed by atoms with Crippen molar-refractivity contribution in [1.82, 2.24) is 10.6 Å². The zero-order chi connectivity index (χ0) is 23.2. The third-order valence-electron chi connectivity index (χ3n) is 3.37. The van der Waals surface area contributed by atoms with Crippen LogP contribution in [-0.4, -0.2) is 50.5 Å². The smallest absolute Gasteiger partial charge is 0.422 e. The monoisotopic (exact) mass is 444 g/mol. The van der Waals surface area contributed by atoms with Gasteiger partial charge in [0.15, 0.2) is 13.2 Å². The summed E-state index contributed by atoms with van der Waals surface area (Å²) >= 11 is 0. The van der Waals surface area contributed by atoms with Gasteiger partial charge in [0.2, 0.25) is 5.91 Å². The van der Waals surface area contributed by atoms with Gasteiger partial charge in [0.25, 0.3) is 5.91 Å². The van der Waals surface area contributed by atoms with Crippen molar-refractivity contribution in [3.8, 4) is 11.5 Å². The third-order valence-corrected chi connectivity index (χ3v) is 3.37. The van der Waals surface area contributed by atoms with Crippen molar-refractivity contribution in [2.45, 2.75) is 33.1 Å². The molecule has 0 aliphatic heterocycles. The Kier molecular flexibility index (Phi) is 8.37. The van der Waals surface area contributed by atoms with Crippen LogP contribution in [0.3, 0.4) is 0 Å². The zero-order valence-electron chi connectivity index (χ0n) is 16.5. The van der Waals surface area contributed by atoms with Crippen molar-refractivity contribution in [3.05, 3.63) is 23.8 Å². The van der Waals surface area contributed by atoms with E-state index in [-0.39, 0.29) is 24.7 Å². The Morgan fingerprint density at radius 3 is 1.93 bits per heavy atom. The van der Waals surface area contributed by atoms with Gasteiger partial charge in [-0.25, -0.2) is 0 Å². The van der Waals surface area contributed by atoms with E-state index in [0.717, 1.165) is 18.2 Å². The molecule has 0 spiro atoms. The van der Waals surface area contributed by atoms with Crippen LogP contribution in [0.5, 0.6) is 11.5 Å². The largest absolute Gasteiger partial charge is 0.484 e. The van der Waals surface area contributed by atoms with Crippen LogP contribution in [0.4, 0.5) is 26.3 Å². The number of benzene rings is 1. The number of halogens is 6. The average molecular weight is 444 g/mol. The molecular formula is C18H22F6N2O4. The number of rotatable bonds is 8. The van der Waals surface area contributed by atoms with E-state index in [4.69, 9.17) is 0 Å². The first-order valence-electron chi connectivity index (χ1n) is 8.68. The molecule has 0 aromatic heterocycles. The molecule has 0 unspecified atom stereocenters. The Bertz CT molecular complexity index is 742. The summed E-state index contributed by atoms with van der Waals surface area (Å²) < 4.78 is 83.2. The first-order valence-corrected chi connectivity index (χ1v) is 8.68. The second kappa shape index (κ2) is 9.90. The SMILES string of the molecule is CC(C)(C)C(=O)NCCNC(=O)c1cc(OCC(F)(F)F)ccc1OCC(F)(F)F. The van der Waals surface area contributed by atoms with Crippen molar-refractivity contribution in [3.63, 3.8) is 0 Å². The fourth-order valence-electron chi connectivity index (χ4n) is 1.94. The lowest BCUT2D eigenvalue weighted by molar-refractivity contribution is -0.154. The highest BCUT2D eigenvalue weighted by molar-refractivity contribution is 5.97. The molecule has 0 radical (unpaired) electrons. The quantitative estimate of drug-likeness (QED) is 0.476. The van der Waals surface area contributed by atoms with Crippen LogP contribution in [-0.2, 0) is 4.79 Å². The summed E-state index contributed by atoms with van der Waals surface area (Å²) in [6, 6.07) is 2.71. The Morgan fingerprint density at radius 1 is 0.867 bits per heavy atom. The third kappa shape index (κ3) is 9.70. The number of nitrogens with one attached hydrogen (secondary N) is 2. The number of amides is 2. The molecule has 0 saturated heterocycles. The van der Waals surface area contributed by atoms with Gasteiger partial charge in [-0.15, -0.1) is 0 Å². The molecule has 2 N–H and O–H groups in total. The second-order valence-electron chi connectivity index (χ2n) is 7.23. The fourth-order valence-corrected chi connectivity index (χ4v) is 1.94. The maximum atomic E-state index is 12.4. The van der Waals surface area contributed by atoms with Crippen LogP contribution >= 0.6 is 0 Å². The number of hydrogen-bond donors (Lipinski definition) is 2. The molecule has 0 aliphatic rings. The maximum absolute atomic E-state index is 12.4. The minimum absolute atomic E-state index is 0.0326. The first kappa shape index (κ1) is 25.4. The van der Waals surface area contributed by atoms with Crippen LogP contribution in [0.15, 0.2) is 18.2 Å². The summed E-state index contributed by atoms with van der Waals surface area (Å²) in [5, 5.41) is 4.90. The van der Waals surface area contributed by atoms with Crippen molar-refractivity contribution in [2.24, 2.45) is 5.41 Å². The van der Waals surface area contributed by atoms with Gasteiger partial charge in [0.05, 0.1) is 5.56 Å². The minimum Gasteiger partial charge on any atom is -0.484 e. The van der Waals surface area contributed by atoms with Gasteiger partial charge in [-0.05, 0) is 18.2 Å². The summed E-state index contributed by atoms with van der Waals surface area (Å²) in [4.78, 5) is 24.1. The minimum atomic E-state index is -4.68. The highest BCUT2D eigenvalue weighted by atomic mass is 19.4. The van der Waals surface area contributed by atoms with E-state index in [1.54, 1.807) is 20.8 Å². The van der Waals surface area contributed by atoms with Crippen LogP contribution in [0.1, 0.15) is 31.1 Å². The Morgan fingerprint density at radius 2 is 1.40 bits per heavy atom. The summed E-state index contributed by atoms with van der Waals surface area (Å²) in [5.41, 5.74) is -1.10. The van der Waals surface area contributed by atoms with E-state index in [9.17, 15) is 35.9 Å². The molecule has 2 amide bonds. The van der Waals surface area contributed by atoms with Gasteiger partial charge in [-0.2, -0.15) is 26.3 Å². The van der Waals surface area contributed by atoms with Gasteiger partial charge in [-0.1, -0.05) is 20.8 Å². The lowest BCUT2D eigenvalue weighted by atomic mass is 9.96. The standard InChI is InChI=1S/C18H22F6N2O4/c1-16(2,3)15(28)26-7-6-25-14(27)12-8-11(29-9-17(19,20)21)4-5-13(12)30-10-18(22,23)24/h4-5,8H,6-7,9-10H2,1-3H3,(H,25,27)(H,26,28). The molecule has 1 aromatic carbocycles. The Hall–Kier alpha value is -2.66. The second-order valence-corrected chi connectivity index (χ2v) is 7.23. The number of carbonyl (C=O) groups excluding carboxylic acids is 2. The Balaban J connectivity index is 2.86. The molecule has 1 rings (SSSR count). The molecule has 0 atom stereocenters. The van der Waals surface area contributed by atoms with Gasteiger partial charge in [0.1, 0.15) is 11.5 Å². The molecule has 1 aromatic rings. The summed E-state index contributed by atoms with van der Waals surface area (Å²) in [7, 11) is 0. The summed E-state index contributed by atoms with van der Waals surface area (Å²) in [6.45, 7) is 1.65. The molecule has 0 heterocycles. The van der Waals surface area contributed by atoms with Crippen LogP contribution < -0.4 is 20.1 Å². The lowest BCUT2D eigenvalue weighted by Crippen LogP contribution is -2.40. The molecular weight excluding hydrogens is 422 g/mol. The molecule has 0 fully saturated rings. The molecule has 6 nitrogen and oxygen atoms in total. The van der Waals surface area contributed by atoms with Crippen molar-refractivity contribution >= 4 is 11.8 Å². The van der Waals surface area contributed by atoms with E-state index < -0.39 is 48.2 Å². The summed E-state index contributed by atoms with van der Waals surface area (Å²) in [5.74, 6) is -2.05. The number of hydrogen-bond acceptors (Lipinski definition) is 4. The molecule has 0 aliphatic carbocycles.